The number of esters is 1. The summed E-state index contributed by atoms with van der Waals surface area (Å²) in [6, 6.07) is 0. The summed E-state index contributed by atoms with van der Waals surface area (Å²) in [5, 5.41) is 21.6. The van der Waals surface area contributed by atoms with Crippen LogP contribution in [0.3, 0.4) is 0 Å². The number of aliphatic hydroxyl groups is 2. The Morgan fingerprint density at radius 1 is 1.00 bits per heavy atom. The molecule has 0 spiro atoms. The van der Waals surface area contributed by atoms with Crippen molar-refractivity contribution >= 4 is 11.8 Å². The van der Waals surface area contributed by atoms with Crippen LogP contribution in [0.1, 0.15) is 79.6 Å². The number of hydrogen-bond donors (Lipinski definition) is 2. The maximum Gasteiger partial charge on any atom is 0.331 e. The average molecular weight is 471 g/mol. The van der Waals surface area contributed by atoms with E-state index in [4.69, 9.17) is 4.74 Å². The number of aliphatic hydroxyl groups excluding tert-OH is 2. The fourth-order valence-corrected chi connectivity index (χ4v) is 9.01. The highest BCUT2D eigenvalue weighted by atomic mass is 16.6. The van der Waals surface area contributed by atoms with Crippen molar-refractivity contribution < 1.29 is 24.5 Å². The van der Waals surface area contributed by atoms with E-state index in [0.717, 1.165) is 44.1 Å². The maximum absolute atomic E-state index is 13.5. The van der Waals surface area contributed by atoms with Crippen molar-refractivity contribution in [2.24, 2.45) is 46.3 Å². The molecular formula is C29H42O5. The van der Waals surface area contributed by atoms with E-state index >= 15 is 0 Å². The van der Waals surface area contributed by atoms with Crippen LogP contribution in [0.4, 0.5) is 0 Å². The molecule has 1 aliphatic heterocycles. The highest BCUT2D eigenvalue weighted by Crippen LogP contribution is 2.66. The van der Waals surface area contributed by atoms with Gasteiger partial charge in [0, 0.05) is 12.0 Å². The average Bonchev–Trinajstić information content (AvgIpc) is 3.34. The van der Waals surface area contributed by atoms with E-state index in [1.54, 1.807) is 6.08 Å². The standard InChI is InChI=1S/C29H42O5/c1-15(2)19-14-24(32)34-27(19)26(33)16(3)20-6-7-21-25-22(9-11-29(20,21)5)28(4)10-8-18(30)12-17(28)13-23(25)31/h13-16,18,20-22,25-27,30,33H,6-12H2,1-5H3/t16-,18-,20+,21-,22-,25-,26-,27+,28-,29+/m0/s1. The zero-order valence-electron chi connectivity index (χ0n) is 21.4. The number of carbonyl (C=O) groups excluding carboxylic acids is 2. The zero-order chi connectivity index (χ0) is 24.6. The molecule has 5 aliphatic rings. The third-order valence-corrected chi connectivity index (χ3v) is 11.0. The molecule has 0 amide bonds. The van der Waals surface area contributed by atoms with Gasteiger partial charge in [0.25, 0.3) is 0 Å². The molecule has 34 heavy (non-hydrogen) atoms. The molecule has 188 valence electrons. The van der Waals surface area contributed by atoms with Crippen LogP contribution in [0.25, 0.3) is 0 Å². The molecule has 0 bridgehead atoms. The second-order valence-electron chi connectivity index (χ2n) is 12.9. The number of ketones is 1. The van der Waals surface area contributed by atoms with Crippen LogP contribution in [0, 0.1) is 46.3 Å². The van der Waals surface area contributed by atoms with Gasteiger partial charge < -0.3 is 14.9 Å². The number of rotatable bonds is 4. The molecule has 0 unspecified atom stereocenters. The first-order valence-corrected chi connectivity index (χ1v) is 13.5. The molecule has 0 aromatic heterocycles. The van der Waals surface area contributed by atoms with Gasteiger partial charge in [-0.1, -0.05) is 40.2 Å². The van der Waals surface area contributed by atoms with Crippen molar-refractivity contribution in [3.8, 4) is 0 Å². The molecule has 3 saturated carbocycles. The smallest absolute Gasteiger partial charge is 0.331 e. The molecule has 5 nitrogen and oxygen atoms in total. The summed E-state index contributed by atoms with van der Waals surface area (Å²) >= 11 is 0. The van der Waals surface area contributed by atoms with Gasteiger partial charge in [-0.2, -0.15) is 0 Å². The Labute approximate surface area is 204 Å². The van der Waals surface area contributed by atoms with Gasteiger partial charge in [0.15, 0.2) is 11.9 Å². The van der Waals surface area contributed by atoms with E-state index in [2.05, 4.69) is 20.8 Å². The first kappa shape index (κ1) is 24.2. The van der Waals surface area contributed by atoms with Gasteiger partial charge in [-0.05, 0) is 97.0 Å². The Morgan fingerprint density at radius 2 is 1.74 bits per heavy atom. The minimum absolute atomic E-state index is 0.00255. The monoisotopic (exact) mass is 470 g/mol. The topological polar surface area (TPSA) is 83.8 Å². The number of hydrogen-bond acceptors (Lipinski definition) is 5. The van der Waals surface area contributed by atoms with Gasteiger partial charge in [-0.15, -0.1) is 0 Å². The molecule has 0 aromatic carbocycles. The molecule has 4 aliphatic carbocycles. The van der Waals surface area contributed by atoms with Gasteiger partial charge in [0.05, 0.1) is 12.2 Å². The number of ether oxygens (including phenoxy) is 1. The van der Waals surface area contributed by atoms with Crippen LogP contribution in [0.5, 0.6) is 0 Å². The van der Waals surface area contributed by atoms with E-state index < -0.39 is 12.2 Å². The van der Waals surface area contributed by atoms with E-state index in [1.165, 1.54) is 5.57 Å². The van der Waals surface area contributed by atoms with Crippen molar-refractivity contribution in [1.29, 1.82) is 0 Å². The van der Waals surface area contributed by atoms with Crippen LogP contribution < -0.4 is 0 Å². The Balaban J connectivity index is 1.40. The number of carbonyl (C=O) groups is 2. The summed E-state index contributed by atoms with van der Waals surface area (Å²) in [5.74, 6) is 1.07. The van der Waals surface area contributed by atoms with E-state index in [1.807, 2.05) is 19.9 Å². The molecule has 5 heteroatoms. The molecule has 2 N–H and O–H groups in total. The van der Waals surface area contributed by atoms with Gasteiger partial charge in [-0.3, -0.25) is 4.79 Å². The maximum atomic E-state index is 13.5. The minimum Gasteiger partial charge on any atom is -0.452 e. The summed E-state index contributed by atoms with van der Waals surface area (Å²) in [5.41, 5.74) is 2.09. The predicted octanol–water partition coefficient (Wildman–Crippen LogP) is 4.61. The second kappa shape index (κ2) is 8.30. The first-order chi connectivity index (χ1) is 16.0. The fourth-order valence-electron chi connectivity index (χ4n) is 9.01. The first-order valence-electron chi connectivity index (χ1n) is 13.5. The van der Waals surface area contributed by atoms with Crippen molar-refractivity contribution in [3.05, 3.63) is 23.3 Å². The predicted molar refractivity (Wildman–Crippen MR) is 130 cm³/mol. The van der Waals surface area contributed by atoms with Crippen LogP contribution in [0.2, 0.25) is 0 Å². The Kier molecular flexibility index (Phi) is 5.92. The molecule has 5 rings (SSSR count). The normalized spacial score (nSPS) is 45.6. The fraction of sp³-hybridized carbons (Fsp3) is 0.793. The Hall–Kier alpha value is -1.46. The van der Waals surface area contributed by atoms with Crippen molar-refractivity contribution in [2.75, 3.05) is 0 Å². The molecule has 0 radical (unpaired) electrons. The van der Waals surface area contributed by atoms with Crippen molar-refractivity contribution in [1.82, 2.24) is 0 Å². The minimum atomic E-state index is -0.732. The summed E-state index contributed by atoms with van der Waals surface area (Å²) in [6.07, 6.45) is 8.40. The van der Waals surface area contributed by atoms with Crippen molar-refractivity contribution in [2.45, 2.75) is 97.9 Å². The Morgan fingerprint density at radius 3 is 2.44 bits per heavy atom. The number of cyclic esters (lactones) is 1. The van der Waals surface area contributed by atoms with Crippen LogP contribution in [0.15, 0.2) is 23.3 Å². The molecule has 0 saturated heterocycles. The lowest BCUT2D eigenvalue weighted by Gasteiger charge is -2.57. The summed E-state index contributed by atoms with van der Waals surface area (Å²) in [7, 11) is 0. The third-order valence-electron chi connectivity index (χ3n) is 11.0. The summed E-state index contributed by atoms with van der Waals surface area (Å²) < 4.78 is 5.57. The lowest BCUT2D eigenvalue weighted by molar-refractivity contribution is -0.148. The zero-order valence-corrected chi connectivity index (χ0v) is 21.4. The van der Waals surface area contributed by atoms with Gasteiger partial charge >= 0.3 is 5.97 Å². The van der Waals surface area contributed by atoms with Crippen molar-refractivity contribution in [3.63, 3.8) is 0 Å². The highest BCUT2D eigenvalue weighted by molar-refractivity contribution is 5.94. The number of fused-ring (bicyclic) bond motifs is 5. The number of allylic oxidation sites excluding steroid dienone is 1. The van der Waals surface area contributed by atoms with Gasteiger partial charge in [0.2, 0.25) is 0 Å². The van der Waals surface area contributed by atoms with E-state index in [9.17, 15) is 19.8 Å². The lowest BCUT2D eigenvalue weighted by atomic mass is 9.46. The lowest BCUT2D eigenvalue weighted by Crippen LogP contribution is -2.54. The van der Waals surface area contributed by atoms with Gasteiger partial charge in [-0.25, -0.2) is 4.79 Å². The van der Waals surface area contributed by atoms with Crippen LogP contribution in [-0.4, -0.2) is 40.3 Å². The molecule has 3 fully saturated rings. The molecule has 0 aromatic rings. The molecule has 10 atom stereocenters. The van der Waals surface area contributed by atoms with E-state index in [-0.39, 0.29) is 46.4 Å². The van der Waals surface area contributed by atoms with Crippen LogP contribution in [-0.2, 0) is 14.3 Å². The summed E-state index contributed by atoms with van der Waals surface area (Å²) in [6.45, 7) is 10.9. The summed E-state index contributed by atoms with van der Waals surface area (Å²) in [4.78, 5) is 25.5. The highest BCUT2D eigenvalue weighted by Gasteiger charge is 2.62. The van der Waals surface area contributed by atoms with E-state index in [0.29, 0.717) is 24.2 Å². The second-order valence-corrected chi connectivity index (χ2v) is 12.9. The van der Waals surface area contributed by atoms with Gasteiger partial charge in [0.1, 0.15) is 0 Å². The molecular weight excluding hydrogens is 428 g/mol. The molecule has 1 heterocycles. The quantitative estimate of drug-likeness (QED) is 0.586. The largest absolute Gasteiger partial charge is 0.452 e. The Bertz CT molecular complexity index is 933. The third kappa shape index (κ3) is 3.48. The SMILES string of the molecule is CC(C)C1=CC(=O)O[C@H]1[C@@H](O)[C@@H](C)[C@H]1CC[C@H]2[C@@H]3C(=O)C=C4C[C@@H](O)CC[C@]4(C)[C@H]3CC[C@]12C. The van der Waals surface area contributed by atoms with Crippen LogP contribution >= 0.6 is 0 Å².